The fourth-order valence-corrected chi connectivity index (χ4v) is 6.64. The van der Waals surface area contributed by atoms with Crippen LogP contribution < -0.4 is 4.74 Å². The summed E-state index contributed by atoms with van der Waals surface area (Å²) in [5.74, 6) is 0.145. The van der Waals surface area contributed by atoms with E-state index in [1.807, 2.05) is 115 Å². The van der Waals surface area contributed by atoms with Gasteiger partial charge in [-0.15, -0.1) is 0 Å². The molecule has 0 amide bonds. The van der Waals surface area contributed by atoms with Gasteiger partial charge in [-0.1, -0.05) is 122 Å². The molecule has 0 aromatic heterocycles. The van der Waals surface area contributed by atoms with E-state index < -0.39 is 40.5 Å². The Hall–Kier alpha value is -4.84. The molecule has 0 saturated carbocycles. The molecule has 0 aliphatic carbocycles. The highest BCUT2D eigenvalue weighted by atomic mass is 32.2. The minimum atomic E-state index is -3.31. The topological polar surface area (TPSA) is 107 Å². The van der Waals surface area contributed by atoms with Crippen molar-refractivity contribution in [3.63, 3.8) is 0 Å². The second kappa shape index (κ2) is 18.3. The van der Waals surface area contributed by atoms with E-state index in [2.05, 4.69) is 0 Å². The number of esters is 1. The molecule has 5 aromatic carbocycles. The van der Waals surface area contributed by atoms with Gasteiger partial charge in [0, 0.05) is 12.7 Å². The van der Waals surface area contributed by atoms with Gasteiger partial charge in [0.05, 0.1) is 24.7 Å². The maximum Gasteiger partial charge on any atom is 0.305 e. The second-order valence-electron chi connectivity index (χ2n) is 12.8. The van der Waals surface area contributed by atoms with E-state index in [1.54, 1.807) is 31.2 Å². The van der Waals surface area contributed by atoms with Crippen molar-refractivity contribution in [2.75, 3.05) is 12.9 Å². The lowest BCUT2D eigenvalue weighted by Gasteiger charge is -2.45. The first-order valence-corrected chi connectivity index (χ1v) is 19.5. The lowest BCUT2D eigenvalue weighted by Crippen LogP contribution is -2.62. The third-order valence-electron chi connectivity index (χ3n) is 8.87. The molecule has 0 spiro atoms. The van der Waals surface area contributed by atoms with Crippen LogP contribution in [0.2, 0.25) is 0 Å². The van der Waals surface area contributed by atoms with Crippen LogP contribution in [0.5, 0.6) is 5.75 Å². The number of rotatable bonds is 16. The van der Waals surface area contributed by atoms with E-state index in [1.165, 1.54) is 6.26 Å². The molecule has 1 aliphatic rings. The zero-order chi connectivity index (χ0) is 37.0. The summed E-state index contributed by atoms with van der Waals surface area (Å²) in [6, 6.07) is 43.6. The van der Waals surface area contributed by atoms with Crippen LogP contribution in [0.25, 0.3) is 11.1 Å². The van der Waals surface area contributed by atoms with Crippen LogP contribution in [-0.4, -0.2) is 58.0 Å². The molecule has 9 nitrogen and oxygen atoms in total. The maximum absolute atomic E-state index is 12.4. The third-order valence-corrected chi connectivity index (χ3v) is 10.00. The van der Waals surface area contributed by atoms with Gasteiger partial charge in [0.2, 0.25) is 6.29 Å². The van der Waals surface area contributed by atoms with Crippen molar-refractivity contribution in [2.45, 2.75) is 68.8 Å². The van der Waals surface area contributed by atoms with Gasteiger partial charge in [-0.3, -0.25) is 4.79 Å². The summed E-state index contributed by atoms with van der Waals surface area (Å²) >= 11 is 0. The molecule has 276 valence electrons. The first-order chi connectivity index (χ1) is 25.8. The van der Waals surface area contributed by atoms with E-state index in [4.69, 9.17) is 28.4 Å². The number of hydrogen-bond acceptors (Lipinski definition) is 9. The minimum absolute atomic E-state index is 0.0784. The summed E-state index contributed by atoms with van der Waals surface area (Å²) in [6.07, 6.45) is -2.54. The Bertz CT molecular complexity index is 1970. The summed E-state index contributed by atoms with van der Waals surface area (Å²) in [5.41, 5.74) is 4.62. The number of hydrogen-bond donors (Lipinski definition) is 0. The Balaban J connectivity index is 1.32. The normalized spacial score (nSPS) is 20.1. The van der Waals surface area contributed by atoms with Crippen LogP contribution >= 0.6 is 0 Å². The van der Waals surface area contributed by atoms with Gasteiger partial charge in [0.15, 0.2) is 9.84 Å². The number of carbonyl (C=O) groups is 1. The SMILES string of the molecule is CCC(=O)OC[C@H]1O[C@H](Oc2ccc(-c3ccc(S(C)(=O)=O)cc3)cc2)[C@@H](OCc2ccccc2)[C@@H](OCc2ccccc2)[C@@H]1OCc1ccccc1. The molecule has 5 atom stereocenters. The highest BCUT2D eigenvalue weighted by molar-refractivity contribution is 7.90. The third kappa shape index (κ3) is 10.6. The molecule has 53 heavy (non-hydrogen) atoms. The molecule has 0 radical (unpaired) electrons. The van der Waals surface area contributed by atoms with Crippen molar-refractivity contribution in [3.05, 3.63) is 156 Å². The van der Waals surface area contributed by atoms with Crippen molar-refractivity contribution in [2.24, 2.45) is 0 Å². The Morgan fingerprint density at radius 2 is 1.06 bits per heavy atom. The molecular weight excluding hydrogens is 693 g/mol. The van der Waals surface area contributed by atoms with Crippen molar-refractivity contribution < 1.29 is 41.6 Å². The number of benzene rings is 5. The van der Waals surface area contributed by atoms with E-state index in [0.717, 1.165) is 27.8 Å². The molecule has 1 fully saturated rings. The van der Waals surface area contributed by atoms with Crippen LogP contribution in [0.1, 0.15) is 30.0 Å². The molecular formula is C43H44O9S. The molecule has 0 N–H and O–H groups in total. The van der Waals surface area contributed by atoms with Crippen LogP contribution in [0, 0.1) is 0 Å². The van der Waals surface area contributed by atoms with Gasteiger partial charge < -0.3 is 28.4 Å². The minimum Gasteiger partial charge on any atom is -0.463 e. The Kier molecular flexibility index (Phi) is 13.1. The fourth-order valence-electron chi connectivity index (χ4n) is 6.01. The van der Waals surface area contributed by atoms with Crippen LogP contribution in [0.3, 0.4) is 0 Å². The molecule has 0 unspecified atom stereocenters. The smallest absolute Gasteiger partial charge is 0.305 e. The first kappa shape index (κ1) is 37.9. The van der Waals surface area contributed by atoms with Gasteiger partial charge >= 0.3 is 5.97 Å². The van der Waals surface area contributed by atoms with Gasteiger partial charge in [-0.2, -0.15) is 0 Å². The van der Waals surface area contributed by atoms with Gasteiger partial charge in [-0.05, 0) is 52.1 Å². The van der Waals surface area contributed by atoms with E-state index in [9.17, 15) is 13.2 Å². The summed E-state index contributed by atoms with van der Waals surface area (Å²) in [5, 5.41) is 0. The van der Waals surface area contributed by atoms with Crippen molar-refractivity contribution in [3.8, 4) is 16.9 Å². The second-order valence-corrected chi connectivity index (χ2v) is 14.8. The molecule has 5 aromatic rings. The van der Waals surface area contributed by atoms with E-state index >= 15 is 0 Å². The zero-order valence-corrected chi connectivity index (χ0v) is 30.6. The maximum atomic E-state index is 12.4. The van der Waals surface area contributed by atoms with Crippen molar-refractivity contribution in [1.82, 2.24) is 0 Å². The van der Waals surface area contributed by atoms with Gasteiger partial charge in [0.25, 0.3) is 0 Å². The summed E-state index contributed by atoms with van der Waals surface area (Å²) in [6.45, 7) is 2.45. The molecule has 6 rings (SSSR count). The Morgan fingerprint density at radius 3 is 1.53 bits per heavy atom. The first-order valence-electron chi connectivity index (χ1n) is 17.6. The van der Waals surface area contributed by atoms with E-state index in [0.29, 0.717) is 5.75 Å². The monoisotopic (exact) mass is 736 g/mol. The average Bonchev–Trinajstić information content (AvgIpc) is 3.19. The summed E-state index contributed by atoms with van der Waals surface area (Å²) in [7, 11) is -3.31. The average molecular weight is 737 g/mol. The predicted octanol–water partition coefficient (Wildman–Crippen LogP) is 7.57. The highest BCUT2D eigenvalue weighted by Crippen LogP contribution is 2.33. The summed E-state index contributed by atoms with van der Waals surface area (Å²) < 4.78 is 62.8. The number of carbonyl (C=O) groups excluding carboxylic acids is 1. The van der Waals surface area contributed by atoms with Gasteiger partial charge in [-0.25, -0.2) is 8.42 Å². The zero-order valence-electron chi connectivity index (χ0n) is 29.8. The van der Waals surface area contributed by atoms with Crippen LogP contribution in [0.15, 0.2) is 144 Å². The quantitative estimate of drug-likeness (QED) is 0.0949. The molecule has 1 heterocycles. The van der Waals surface area contributed by atoms with Crippen molar-refractivity contribution >= 4 is 15.8 Å². The van der Waals surface area contributed by atoms with E-state index in [-0.39, 0.29) is 43.7 Å². The highest BCUT2D eigenvalue weighted by Gasteiger charge is 2.50. The molecule has 10 heteroatoms. The fraction of sp³-hybridized carbons (Fsp3) is 0.279. The lowest BCUT2D eigenvalue weighted by atomic mass is 9.97. The van der Waals surface area contributed by atoms with Crippen molar-refractivity contribution in [1.29, 1.82) is 0 Å². The molecule has 0 bridgehead atoms. The Morgan fingerprint density at radius 1 is 0.604 bits per heavy atom. The van der Waals surface area contributed by atoms with Gasteiger partial charge in [0.1, 0.15) is 36.8 Å². The van der Waals surface area contributed by atoms with Crippen LogP contribution in [-0.2, 0) is 58.1 Å². The number of sulfone groups is 1. The molecule has 1 aliphatic heterocycles. The predicted molar refractivity (Wildman–Crippen MR) is 201 cm³/mol. The van der Waals surface area contributed by atoms with Crippen LogP contribution in [0.4, 0.5) is 0 Å². The summed E-state index contributed by atoms with van der Waals surface area (Å²) in [4.78, 5) is 12.7. The Labute approximate surface area is 311 Å². The number of ether oxygens (including phenoxy) is 6. The molecule has 1 saturated heterocycles. The largest absolute Gasteiger partial charge is 0.463 e. The standard InChI is InChI=1S/C43H44O9S/c1-3-39(44)47-30-38-40(48-27-31-13-7-4-8-14-31)41(49-28-32-15-9-5-10-16-32)42(50-29-33-17-11-6-12-18-33)43(52-38)51-36-23-19-34(20-24-36)35-21-25-37(26-22-35)53(2,45)46/h4-26,38,40-43H,3,27-30H2,1-2H3/t38-,40-,41+,42+,43+/m1/s1. The lowest BCUT2D eigenvalue weighted by molar-refractivity contribution is -0.308.